The first-order valence-electron chi connectivity index (χ1n) is 16.9. The standard InChI is InChI=1S/C34H62O9/c1-3-5-7-8-9-10-11-12-13-14-15-16-17-18-19-20-21-22-24-40-26-28(42-30(36)23-6-4-2)27-41-34-33(39)32(38)31(37)29(25-35)43-34/h9-10,12-13,28-29,31-35,37-39H,3-8,11,14-27H2,1-2H3/b10-9-,13-12-. The van der Waals surface area contributed by atoms with Crippen LogP contribution in [0.15, 0.2) is 24.3 Å². The summed E-state index contributed by atoms with van der Waals surface area (Å²) in [6, 6.07) is 0. The third kappa shape index (κ3) is 19.6. The van der Waals surface area contributed by atoms with Gasteiger partial charge in [0.15, 0.2) is 6.29 Å². The zero-order chi connectivity index (χ0) is 31.5. The Morgan fingerprint density at radius 2 is 1.35 bits per heavy atom. The molecule has 0 amide bonds. The van der Waals surface area contributed by atoms with E-state index in [2.05, 4.69) is 31.2 Å². The summed E-state index contributed by atoms with van der Waals surface area (Å²) in [4.78, 5) is 12.2. The number of carbonyl (C=O) groups excluding carboxylic acids is 1. The zero-order valence-corrected chi connectivity index (χ0v) is 27.0. The number of aliphatic hydroxyl groups is 4. The lowest BCUT2D eigenvalue weighted by Gasteiger charge is -2.39. The molecule has 4 N–H and O–H groups in total. The molecule has 0 aromatic carbocycles. The van der Waals surface area contributed by atoms with E-state index in [4.69, 9.17) is 18.9 Å². The van der Waals surface area contributed by atoms with E-state index in [9.17, 15) is 25.2 Å². The molecule has 1 aliphatic heterocycles. The quantitative estimate of drug-likeness (QED) is 0.0536. The highest BCUT2D eigenvalue weighted by Crippen LogP contribution is 2.22. The molecule has 0 saturated carbocycles. The van der Waals surface area contributed by atoms with Crippen molar-refractivity contribution in [3.8, 4) is 0 Å². The summed E-state index contributed by atoms with van der Waals surface area (Å²) in [7, 11) is 0. The Bertz CT molecular complexity index is 712. The van der Waals surface area contributed by atoms with Gasteiger partial charge in [-0.3, -0.25) is 4.79 Å². The van der Waals surface area contributed by atoms with Crippen molar-refractivity contribution in [1.29, 1.82) is 0 Å². The largest absolute Gasteiger partial charge is 0.457 e. The molecule has 0 bridgehead atoms. The lowest BCUT2D eigenvalue weighted by molar-refractivity contribution is -0.305. The zero-order valence-electron chi connectivity index (χ0n) is 27.0. The Labute approximate surface area is 260 Å². The predicted octanol–water partition coefficient (Wildman–Crippen LogP) is 5.52. The third-order valence-electron chi connectivity index (χ3n) is 7.62. The van der Waals surface area contributed by atoms with Crippen LogP contribution in [0.25, 0.3) is 0 Å². The van der Waals surface area contributed by atoms with Gasteiger partial charge >= 0.3 is 5.97 Å². The molecule has 9 nitrogen and oxygen atoms in total. The molecule has 0 aromatic rings. The SMILES string of the molecule is CCCCC/C=C\C/C=C\CCCCCCCCCCOCC(COC1OC(CO)C(O)C(O)C1O)OC(=O)CCCC. The summed E-state index contributed by atoms with van der Waals surface area (Å²) in [6.07, 6.45) is 20.3. The molecular weight excluding hydrogens is 552 g/mol. The van der Waals surface area contributed by atoms with E-state index in [-0.39, 0.29) is 19.2 Å². The maximum Gasteiger partial charge on any atom is 0.306 e. The number of rotatable bonds is 27. The molecule has 1 heterocycles. The number of unbranched alkanes of at least 4 members (excludes halogenated alkanes) is 12. The van der Waals surface area contributed by atoms with Crippen LogP contribution in [0, 0.1) is 0 Å². The molecule has 6 atom stereocenters. The molecule has 1 saturated heterocycles. The molecule has 1 fully saturated rings. The monoisotopic (exact) mass is 614 g/mol. The Morgan fingerprint density at radius 1 is 0.744 bits per heavy atom. The average molecular weight is 615 g/mol. The van der Waals surface area contributed by atoms with Gasteiger partial charge in [0, 0.05) is 13.0 Å². The summed E-state index contributed by atoms with van der Waals surface area (Å²) >= 11 is 0. The van der Waals surface area contributed by atoms with Crippen LogP contribution in [-0.4, -0.2) is 89.6 Å². The van der Waals surface area contributed by atoms with Crippen molar-refractivity contribution in [3.05, 3.63) is 24.3 Å². The van der Waals surface area contributed by atoms with Gasteiger partial charge in [-0.2, -0.15) is 0 Å². The van der Waals surface area contributed by atoms with Gasteiger partial charge in [-0.15, -0.1) is 0 Å². The smallest absolute Gasteiger partial charge is 0.306 e. The van der Waals surface area contributed by atoms with Crippen LogP contribution >= 0.6 is 0 Å². The Balaban J connectivity index is 2.16. The molecule has 0 radical (unpaired) electrons. The van der Waals surface area contributed by atoms with Crippen LogP contribution in [0.2, 0.25) is 0 Å². The molecule has 9 heteroatoms. The van der Waals surface area contributed by atoms with E-state index < -0.39 is 43.4 Å². The predicted molar refractivity (Wildman–Crippen MR) is 169 cm³/mol. The maximum atomic E-state index is 12.2. The van der Waals surface area contributed by atoms with E-state index in [0.29, 0.717) is 19.4 Å². The van der Waals surface area contributed by atoms with Crippen molar-refractivity contribution in [3.63, 3.8) is 0 Å². The number of ether oxygens (including phenoxy) is 4. The molecule has 43 heavy (non-hydrogen) atoms. The van der Waals surface area contributed by atoms with Gasteiger partial charge in [-0.25, -0.2) is 0 Å². The highest BCUT2D eigenvalue weighted by atomic mass is 16.7. The highest BCUT2D eigenvalue weighted by Gasteiger charge is 2.44. The summed E-state index contributed by atoms with van der Waals surface area (Å²) in [6.45, 7) is 4.25. The molecule has 0 aromatic heterocycles. The Morgan fingerprint density at radius 3 is 1.98 bits per heavy atom. The summed E-state index contributed by atoms with van der Waals surface area (Å²) in [5.74, 6) is -0.353. The summed E-state index contributed by atoms with van der Waals surface area (Å²) < 4.78 is 22.3. The lowest BCUT2D eigenvalue weighted by atomic mass is 9.99. The minimum absolute atomic E-state index is 0.119. The topological polar surface area (TPSA) is 135 Å². The van der Waals surface area contributed by atoms with Crippen LogP contribution in [0.1, 0.15) is 123 Å². The van der Waals surface area contributed by atoms with Gasteiger partial charge in [0.05, 0.1) is 19.8 Å². The van der Waals surface area contributed by atoms with Crippen LogP contribution in [-0.2, 0) is 23.7 Å². The Hall–Kier alpha value is -1.33. The second-order valence-corrected chi connectivity index (χ2v) is 11.6. The highest BCUT2D eigenvalue weighted by molar-refractivity contribution is 5.69. The molecule has 0 aliphatic carbocycles. The Kier molecular flexibility index (Phi) is 24.9. The van der Waals surface area contributed by atoms with Gasteiger partial charge < -0.3 is 39.4 Å². The van der Waals surface area contributed by atoms with Crippen LogP contribution in [0.5, 0.6) is 0 Å². The summed E-state index contributed by atoms with van der Waals surface area (Å²) in [5, 5.41) is 39.5. The van der Waals surface area contributed by atoms with Gasteiger partial charge in [-0.05, 0) is 44.9 Å². The number of allylic oxidation sites excluding steroid dienone is 4. The minimum atomic E-state index is -1.53. The molecule has 1 rings (SSSR count). The third-order valence-corrected chi connectivity index (χ3v) is 7.62. The molecule has 252 valence electrons. The van der Waals surface area contributed by atoms with Crippen molar-refractivity contribution in [2.45, 2.75) is 160 Å². The molecule has 1 aliphatic rings. The van der Waals surface area contributed by atoms with Crippen LogP contribution in [0.3, 0.4) is 0 Å². The van der Waals surface area contributed by atoms with Crippen molar-refractivity contribution in [1.82, 2.24) is 0 Å². The van der Waals surface area contributed by atoms with Gasteiger partial charge in [0.1, 0.15) is 30.5 Å². The van der Waals surface area contributed by atoms with Gasteiger partial charge in [-0.1, -0.05) is 95.9 Å². The van der Waals surface area contributed by atoms with Crippen molar-refractivity contribution < 1.29 is 44.2 Å². The van der Waals surface area contributed by atoms with Gasteiger partial charge in [0.25, 0.3) is 0 Å². The second-order valence-electron chi connectivity index (χ2n) is 11.6. The summed E-state index contributed by atoms with van der Waals surface area (Å²) in [5.41, 5.74) is 0. The van der Waals surface area contributed by atoms with Crippen LogP contribution < -0.4 is 0 Å². The van der Waals surface area contributed by atoms with Crippen LogP contribution in [0.4, 0.5) is 0 Å². The second kappa shape index (κ2) is 27.0. The molecule has 6 unspecified atom stereocenters. The number of esters is 1. The van der Waals surface area contributed by atoms with Crippen molar-refractivity contribution >= 4 is 5.97 Å². The van der Waals surface area contributed by atoms with E-state index in [1.54, 1.807) is 0 Å². The van der Waals surface area contributed by atoms with E-state index in [1.807, 2.05) is 6.92 Å². The average Bonchev–Trinajstić information content (AvgIpc) is 3.01. The van der Waals surface area contributed by atoms with Gasteiger partial charge in [0.2, 0.25) is 0 Å². The number of aliphatic hydroxyl groups excluding tert-OH is 4. The minimum Gasteiger partial charge on any atom is -0.457 e. The van der Waals surface area contributed by atoms with E-state index >= 15 is 0 Å². The van der Waals surface area contributed by atoms with E-state index in [1.165, 1.54) is 70.6 Å². The first-order chi connectivity index (χ1) is 20.9. The van der Waals surface area contributed by atoms with Crippen molar-refractivity contribution in [2.24, 2.45) is 0 Å². The first-order valence-corrected chi connectivity index (χ1v) is 16.9. The lowest BCUT2D eigenvalue weighted by Crippen LogP contribution is -2.59. The molecule has 0 spiro atoms. The number of hydrogen-bond acceptors (Lipinski definition) is 9. The fourth-order valence-electron chi connectivity index (χ4n) is 4.85. The number of hydrogen-bond donors (Lipinski definition) is 4. The molecular formula is C34H62O9. The normalized spacial score (nSPS) is 23.3. The fourth-order valence-corrected chi connectivity index (χ4v) is 4.85. The van der Waals surface area contributed by atoms with Crippen molar-refractivity contribution in [2.75, 3.05) is 26.4 Å². The first kappa shape index (κ1) is 39.7. The van der Waals surface area contributed by atoms with E-state index in [0.717, 1.165) is 25.7 Å². The number of carbonyl (C=O) groups is 1. The fraction of sp³-hybridized carbons (Fsp3) is 0.853. The maximum absolute atomic E-state index is 12.2.